The summed E-state index contributed by atoms with van der Waals surface area (Å²) in [5.41, 5.74) is 0. The van der Waals surface area contributed by atoms with Crippen LogP contribution >= 0.6 is 11.3 Å². The SMILES string of the molecule is C[C@H]1CN(S(=O)(=O)c2ccsc2C(=O)O)CCO1. The van der Waals surface area contributed by atoms with Gasteiger partial charge in [-0.3, -0.25) is 0 Å². The van der Waals surface area contributed by atoms with E-state index in [-0.39, 0.29) is 29.0 Å². The second kappa shape index (κ2) is 4.96. The van der Waals surface area contributed by atoms with Crippen LogP contribution in [-0.2, 0) is 14.8 Å². The summed E-state index contributed by atoms with van der Waals surface area (Å²) in [5, 5.41) is 10.4. The zero-order chi connectivity index (χ0) is 13.3. The Bertz CT molecular complexity index is 550. The molecular weight excluding hydrogens is 278 g/mol. The van der Waals surface area contributed by atoms with Crippen molar-refractivity contribution >= 4 is 27.3 Å². The van der Waals surface area contributed by atoms with E-state index >= 15 is 0 Å². The van der Waals surface area contributed by atoms with Crippen LogP contribution in [0, 0.1) is 0 Å². The van der Waals surface area contributed by atoms with E-state index in [2.05, 4.69) is 0 Å². The Labute approximate surface area is 109 Å². The Morgan fingerprint density at radius 3 is 2.94 bits per heavy atom. The van der Waals surface area contributed by atoms with Crippen LogP contribution in [0.15, 0.2) is 16.3 Å². The van der Waals surface area contributed by atoms with Crippen molar-refractivity contribution in [2.45, 2.75) is 17.9 Å². The summed E-state index contributed by atoms with van der Waals surface area (Å²) in [6, 6.07) is 1.34. The second-order valence-electron chi connectivity index (χ2n) is 3.96. The van der Waals surface area contributed by atoms with Gasteiger partial charge in [0, 0.05) is 13.1 Å². The largest absolute Gasteiger partial charge is 0.477 e. The summed E-state index contributed by atoms with van der Waals surface area (Å²) < 4.78 is 31.2. The van der Waals surface area contributed by atoms with Gasteiger partial charge in [-0.05, 0) is 18.4 Å². The minimum Gasteiger partial charge on any atom is -0.477 e. The van der Waals surface area contributed by atoms with Crippen LogP contribution in [0.3, 0.4) is 0 Å². The van der Waals surface area contributed by atoms with Gasteiger partial charge in [0.2, 0.25) is 10.0 Å². The monoisotopic (exact) mass is 291 g/mol. The minimum atomic E-state index is -3.74. The van der Waals surface area contributed by atoms with E-state index in [0.717, 1.165) is 11.3 Å². The van der Waals surface area contributed by atoms with Crippen molar-refractivity contribution in [1.29, 1.82) is 0 Å². The number of carbonyl (C=O) groups is 1. The van der Waals surface area contributed by atoms with Gasteiger partial charge in [-0.1, -0.05) is 0 Å². The highest BCUT2D eigenvalue weighted by Gasteiger charge is 2.32. The fraction of sp³-hybridized carbons (Fsp3) is 0.500. The molecular formula is C10H13NO5S2. The van der Waals surface area contributed by atoms with Crippen LogP contribution in [0.2, 0.25) is 0 Å². The highest BCUT2D eigenvalue weighted by Crippen LogP contribution is 2.26. The number of hydrogen-bond donors (Lipinski definition) is 1. The summed E-state index contributed by atoms with van der Waals surface area (Å²) >= 11 is 0.913. The molecule has 0 aliphatic carbocycles. The van der Waals surface area contributed by atoms with Gasteiger partial charge in [0.1, 0.15) is 9.77 Å². The average molecular weight is 291 g/mol. The zero-order valence-electron chi connectivity index (χ0n) is 9.70. The highest BCUT2D eigenvalue weighted by molar-refractivity contribution is 7.89. The molecule has 2 heterocycles. The number of ether oxygens (including phenoxy) is 1. The van der Waals surface area contributed by atoms with Gasteiger partial charge in [0.25, 0.3) is 0 Å². The first-order valence-electron chi connectivity index (χ1n) is 5.35. The van der Waals surface area contributed by atoms with E-state index in [1.807, 2.05) is 0 Å². The first-order chi connectivity index (χ1) is 8.43. The number of sulfonamides is 1. The summed E-state index contributed by atoms with van der Waals surface area (Å²) in [5.74, 6) is -1.22. The van der Waals surface area contributed by atoms with Crippen molar-refractivity contribution in [2.75, 3.05) is 19.7 Å². The molecule has 1 atom stereocenters. The summed E-state index contributed by atoms with van der Waals surface area (Å²) in [7, 11) is -3.74. The molecule has 0 saturated carbocycles. The molecule has 0 amide bonds. The topological polar surface area (TPSA) is 83.9 Å². The lowest BCUT2D eigenvalue weighted by Crippen LogP contribution is -2.44. The molecule has 0 bridgehead atoms. The Kier molecular flexibility index (Phi) is 3.71. The number of carboxylic acid groups (broad SMARTS) is 1. The molecule has 1 fully saturated rings. The predicted octanol–water partition coefficient (Wildman–Crippen LogP) is 0.856. The normalized spacial score (nSPS) is 21.9. The van der Waals surface area contributed by atoms with Crippen molar-refractivity contribution < 1.29 is 23.1 Å². The lowest BCUT2D eigenvalue weighted by atomic mass is 10.3. The highest BCUT2D eigenvalue weighted by atomic mass is 32.2. The smallest absolute Gasteiger partial charge is 0.347 e. The van der Waals surface area contributed by atoms with E-state index in [4.69, 9.17) is 9.84 Å². The Morgan fingerprint density at radius 2 is 2.33 bits per heavy atom. The van der Waals surface area contributed by atoms with Gasteiger partial charge in [-0.25, -0.2) is 13.2 Å². The van der Waals surface area contributed by atoms with Gasteiger partial charge in [-0.2, -0.15) is 4.31 Å². The van der Waals surface area contributed by atoms with E-state index in [9.17, 15) is 13.2 Å². The lowest BCUT2D eigenvalue weighted by Gasteiger charge is -2.30. The number of aromatic carboxylic acids is 1. The fourth-order valence-electron chi connectivity index (χ4n) is 1.80. The number of nitrogens with zero attached hydrogens (tertiary/aromatic N) is 1. The van der Waals surface area contributed by atoms with Crippen molar-refractivity contribution in [3.8, 4) is 0 Å². The first kappa shape index (κ1) is 13.5. The number of hydrogen-bond acceptors (Lipinski definition) is 5. The Hall–Kier alpha value is -0.960. The third-order valence-electron chi connectivity index (χ3n) is 2.64. The van der Waals surface area contributed by atoms with Gasteiger partial charge in [0.05, 0.1) is 12.7 Å². The van der Waals surface area contributed by atoms with Crippen molar-refractivity contribution in [1.82, 2.24) is 4.31 Å². The molecule has 18 heavy (non-hydrogen) atoms. The predicted molar refractivity (Wildman–Crippen MR) is 65.5 cm³/mol. The second-order valence-corrected chi connectivity index (χ2v) is 6.79. The van der Waals surface area contributed by atoms with E-state index in [1.54, 1.807) is 6.92 Å². The Morgan fingerprint density at radius 1 is 1.61 bits per heavy atom. The zero-order valence-corrected chi connectivity index (χ0v) is 11.3. The quantitative estimate of drug-likeness (QED) is 0.892. The standard InChI is InChI=1S/C10H13NO5S2/c1-7-6-11(3-4-16-7)18(14,15)8-2-5-17-9(8)10(12)13/h2,5,7H,3-4,6H2,1H3,(H,12,13)/t7-/m0/s1. The van der Waals surface area contributed by atoms with Crippen molar-refractivity contribution in [2.24, 2.45) is 0 Å². The molecule has 1 aliphatic rings. The molecule has 0 unspecified atom stereocenters. The van der Waals surface area contributed by atoms with Crippen LogP contribution in [0.25, 0.3) is 0 Å². The van der Waals surface area contributed by atoms with Crippen molar-refractivity contribution in [3.63, 3.8) is 0 Å². The fourth-order valence-corrected chi connectivity index (χ4v) is 4.53. The minimum absolute atomic E-state index is 0.130. The molecule has 0 radical (unpaired) electrons. The summed E-state index contributed by atoms with van der Waals surface area (Å²) in [6.07, 6.45) is -0.180. The van der Waals surface area contributed by atoms with Crippen LogP contribution < -0.4 is 0 Å². The third-order valence-corrected chi connectivity index (χ3v) is 5.58. The Balaban J connectivity index is 2.36. The van der Waals surface area contributed by atoms with Crippen LogP contribution in [-0.4, -0.2) is 49.6 Å². The summed E-state index contributed by atoms with van der Waals surface area (Å²) in [6.45, 7) is 2.61. The molecule has 0 spiro atoms. The van der Waals surface area contributed by atoms with E-state index in [1.165, 1.54) is 15.8 Å². The molecule has 2 rings (SSSR count). The molecule has 0 aromatic carbocycles. The molecule has 6 nitrogen and oxygen atoms in total. The maximum atomic E-state index is 12.3. The number of carboxylic acids is 1. The maximum absolute atomic E-state index is 12.3. The number of rotatable bonds is 3. The van der Waals surface area contributed by atoms with Crippen LogP contribution in [0.5, 0.6) is 0 Å². The maximum Gasteiger partial charge on any atom is 0.347 e. The van der Waals surface area contributed by atoms with E-state index < -0.39 is 16.0 Å². The van der Waals surface area contributed by atoms with Gasteiger partial charge >= 0.3 is 5.97 Å². The average Bonchev–Trinajstić information content (AvgIpc) is 2.78. The number of morpholine rings is 1. The number of thiophene rings is 1. The van der Waals surface area contributed by atoms with Gasteiger partial charge in [-0.15, -0.1) is 11.3 Å². The first-order valence-corrected chi connectivity index (χ1v) is 7.67. The van der Waals surface area contributed by atoms with Gasteiger partial charge in [0.15, 0.2) is 0 Å². The van der Waals surface area contributed by atoms with Gasteiger partial charge < -0.3 is 9.84 Å². The molecule has 1 N–H and O–H groups in total. The third kappa shape index (κ3) is 2.41. The molecule has 1 aromatic heterocycles. The molecule has 1 saturated heterocycles. The van der Waals surface area contributed by atoms with E-state index in [0.29, 0.717) is 6.61 Å². The molecule has 1 aromatic rings. The van der Waals surface area contributed by atoms with Crippen LogP contribution in [0.1, 0.15) is 16.6 Å². The summed E-state index contributed by atoms with van der Waals surface area (Å²) in [4.78, 5) is 10.7. The van der Waals surface area contributed by atoms with Crippen molar-refractivity contribution in [3.05, 3.63) is 16.3 Å². The van der Waals surface area contributed by atoms with Crippen LogP contribution in [0.4, 0.5) is 0 Å². The molecule has 8 heteroatoms. The molecule has 1 aliphatic heterocycles. The molecule has 100 valence electrons. The lowest BCUT2D eigenvalue weighted by molar-refractivity contribution is 0.0102.